The number of hydrogen-bond acceptors (Lipinski definition) is 4. The molecule has 0 heterocycles. The molecule has 6 heteroatoms. The summed E-state index contributed by atoms with van der Waals surface area (Å²) in [6.45, 7) is -0.158. The Balaban J connectivity index is 2.22. The Morgan fingerprint density at radius 2 is 2.10 bits per heavy atom. The van der Waals surface area contributed by atoms with Crippen molar-refractivity contribution in [1.82, 2.24) is 0 Å². The summed E-state index contributed by atoms with van der Waals surface area (Å²) in [7, 11) is 0. The van der Waals surface area contributed by atoms with Crippen molar-refractivity contribution in [1.29, 1.82) is 5.26 Å². The predicted octanol–water partition coefficient (Wildman–Crippen LogP) is 2.69. The van der Waals surface area contributed by atoms with Crippen molar-refractivity contribution in [3.63, 3.8) is 0 Å². The normalized spacial score (nSPS) is 9.71. The number of hydrogen-bond donors (Lipinski definition) is 2. The molecule has 0 saturated heterocycles. The van der Waals surface area contributed by atoms with Crippen molar-refractivity contribution < 1.29 is 19.0 Å². The summed E-state index contributed by atoms with van der Waals surface area (Å²) in [5, 5.41) is 20.6. The van der Waals surface area contributed by atoms with Crippen LogP contribution in [0.2, 0.25) is 0 Å². The first kappa shape index (κ1) is 14.3. The minimum absolute atomic E-state index is 0.0634. The van der Waals surface area contributed by atoms with Gasteiger partial charge in [0.25, 0.3) is 5.91 Å². The summed E-state index contributed by atoms with van der Waals surface area (Å²) < 4.78 is 18.1. The number of carbonyl (C=O) groups excluding carboxylic acids is 1. The van der Waals surface area contributed by atoms with Gasteiger partial charge in [-0.15, -0.1) is 0 Å². The summed E-state index contributed by atoms with van der Waals surface area (Å²) >= 11 is 0. The van der Waals surface area contributed by atoms with Crippen LogP contribution in [0.25, 0.3) is 0 Å². The number of ether oxygens (including phenoxy) is 1. The van der Waals surface area contributed by atoms with Gasteiger partial charge >= 0.3 is 0 Å². The number of carbonyl (C=O) groups is 1. The maximum absolute atomic E-state index is 12.9. The Hall–Kier alpha value is -3.07. The van der Waals surface area contributed by atoms with Crippen LogP contribution in [0.15, 0.2) is 42.5 Å². The Labute approximate surface area is 120 Å². The molecule has 0 aliphatic rings. The fourth-order valence-corrected chi connectivity index (χ4v) is 1.69. The van der Waals surface area contributed by atoms with Crippen molar-refractivity contribution in [2.24, 2.45) is 0 Å². The molecule has 2 aromatic rings. The van der Waals surface area contributed by atoms with Crippen LogP contribution < -0.4 is 10.1 Å². The zero-order valence-corrected chi connectivity index (χ0v) is 10.8. The lowest BCUT2D eigenvalue weighted by Gasteiger charge is -2.11. The third-order valence-electron chi connectivity index (χ3n) is 2.63. The number of anilines is 1. The number of benzene rings is 2. The maximum Gasteiger partial charge on any atom is 0.259 e. The monoisotopic (exact) mass is 286 g/mol. The van der Waals surface area contributed by atoms with Crippen molar-refractivity contribution >= 4 is 11.6 Å². The predicted molar refractivity (Wildman–Crippen MR) is 73.6 cm³/mol. The number of nitrogens with zero attached hydrogens (tertiary/aromatic N) is 1. The van der Waals surface area contributed by atoms with Crippen molar-refractivity contribution in [3.8, 4) is 17.6 Å². The average molecular weight is 286 g/mol. The molecule has 2 N–H and O–H groups in total. The van der Waals surface area contributed by atoms with Gasteiger partial charge in [0.15, 0.2) is 6.61 Å². The second-order valence-electron chi connectivity index (χ2n) is 4.06. The van der Waals surface area contributed by atoms with Crippen LogP contribution in [0.5, 0.6) is 11.5 Å². The third-order valence-corrected chi connectivity index (χ3v) is 2.63. The van der Waals surface area contributed by atoms with Crippen LogP contribution in [0, 0.1) is 17.1 Å². The fraction of sp³-hybridized carbons (Fsp3) is 0.0667. The molecule has 2 rings (SSSR count). The van der Waals surface area contributed by atoms with E-state index in [-0.39, 0.29) is 12.2 Å². The van der Waals surface area contributed by atoms with E-state index in [1.165, 1.54) is 6.07 Å². The summed E-state index contributed by atoms with van der Waals surface area (Å²) in [5.41, 5.74) is 0.285. The second kappa shape index (κ2) is 6.39. The van der Waals surface area contributed by atoms with Crippen molar-refractivity contribution in [2.75, 3.05) is 11.9 Å². The van der Waals surface area contributed by atoms with E-state index in [4.69, 9.17) is 10.00 Å². The Morgan fingerprint density at radius 1 is 1.33 bits per heavy atom. The van der Waals surface area contributed by atoms with E-state index in [1.54, 1.807) is 24.3 Å². The van der Waals surface area contributed by atoms with Gasteiger partial charge in [0, 0.05) is 6.07 Å². The lowest BCUT2D eigenvalue weighted by molar-refractivity contribution is 0.102. The van der Waals surface area contributed by atoms with Crippen LogP contribution >= 0.6 is 0 Å². The highest BCUT2D eigenvalue weighted by atomic mass is 19.1. The molecular weight excluding hydrogens is 275 g/mol. The Bertz CT molecular complexity index is 710. The first-order chi connectivity index (χ1) is 10.1. The maximum atomic E-state index is 12.9. The van der Waals surface area contributed by atoms with E-state index in [9.17, 15) is 14.3 Å². The number of amides is 1. The van der Waals surface area contributed by atoms with Crippen LogP contribution in [0.4, 0.5) is 10.1 Å². The molecule has 0 fully saturated rings. The average Bonchev–Trinajstić information content (AvgIpc) is 2.46. The number of nitriles is 1. The van der Waals surface area contributed by atoms with Gasteiger partial charge in [-0.05, 0) is 24.3 Å². The number of nitrogens with one attached hydrogen (secondary N) is 1. The molecule has 0 bridgehead atoms. The zero-order valence-electron chi connectivity index (χ0n) is 10.8. The summed E-state index contributed by atoms with van der Waals surface area (Å²) in [4.78, 5) is 12.1. The highest BCUT2D eigenvalue weighted by molar-refractivity contribution is 6.06. The van der Waals surface area contributed by atoms with Crippen LogP contribution in [0.1, 0.15) is 10.4 Å². The molecule has 0 spiro atoms. The van der Waals surface area contributed by atoms with Gasteiger partial charge in [-0.3, -0.25) is 4.79 Å². The molecule has 2 aromatic carbocycles. The first-order valence-electron chi connectivity index (χ1n) is 6.00. The largest absolute Gasteiger partial charge is 0.507 e. The van der Waals surface area contributed by atoms with Gasteiger partial charge in [0.05, 0.1) is 11.3 Å². The van der Waals surface area contributed by atoms with Gasteiger partial charge in [-0.1, -0.05) is 12.1 Å². The molecule has 106 valence electrons. The van der Waals surface area contributed by atoms with E-state index >= 15 is 0 Å². The standard InChI is InChI=1S/C15H11FN2O3/c16-10-5-6-11(13(19)9-10)15(20)18-12-3-1-2-4-14(12)21-8-7-17/h1-6,9,19H,8H2,(H,18,20). The van der Waals surface area contributed by atoms with E-state index < -0.39 is 17.5 Å². The number of phenolic OH excluding ortho intramolecular Hbond substituents is 1. The zero-order chi connectivity index (χ0) is 15.2. The fourth-order valence-electron chi connectivity index (χ4n) is 1.69. The third kappa shape index (κ3) is 3.48. The van der Waals surface area contributed by atoms with Crippen LogP contribution in [-0.2, 0) is 0 Å². The minimum atomic E-state index is -0.637. The van der Waals surface area contributed by atoms with Gasteiger partial charge in [-0.2, -0.15) is 5.26 Å². The molecule has 0 atom stereocenters. The molecule has 0 radical (unpaired) electrons. The van der Waals surface area contributed by atoms with Gasteiger partial charge in [0.2, 0.25) is 0 Å². The molecule has 0 saturated carbocycles. The number of aromatic hydroxyl groups is 1. The molecule has 0 aliphatic heterocycles. The smallest absolute Gasteiger partial charge is 0.259 e. The van der Waals surface area contributed by atoms with E-state index in [0.29, 0.717) is 11.4 Å². The van der Waals surface area contributed by atoms with Gasteiger partial charge in [-0.25, -0.2) is 4.39 Å². The van der Waals surface area contributed by atoms with Crippen LogP contribution in [-0.4, -0.2) is 17.6 Å². The summed E-state index contributed by atoms with van der Waals surface area (Å²) in [6.07, 6.45) is 0. The highest BCUT2D eigenvalue weighted by Crippen LogP contribution is 2.26. The summed E-state index contributed by atoms with van der Waals surface area (Å²) in [5.74, 6) is -1.38. The molecule has 1 amide bonds. The molecule has 0 aliphatic carbocycles. The molecule has 0 aromatic heterocycles. The van der Waals surface area contributed by atoms with Gasteiger partial charge in [0.1, 0.15) is 23.4 Å². The van der Waals surface area contributed by atoms with E-state index in [1.807, 2.05) is 6.07 Å². The lowest BCUT2D eigenvalue weighted by atomic mass is 10.1. The van der Waals surface area contributed by atoms with Crippen LogP contribution in [0.3, 0.4) is 0 Å². The SMILES string of the molecule is N#CCOc1ccccc1NC(=O)c1ccc(F)cc1O. The quantitative estimate of drug-likeness (QED) is 0.905. The molecule has 5 nitrogen and oxygen atoms in total. The minimum Gasteiger partial charge on any atom is -0.507 e. The second-order valence-corrected chi connectivity index (χ2v) is 4.06. The molecule has 21 heavy (non-hydrogen) atoms. The van der Waals surface area contributed by atoms with E-state index in [0.717, 1.165) is 12.1 Å². The lowest BCUT2D eigenvalue weighted by Crippen LogP contribution is -2.13. The number of phenols is 1. The number of rotatable bonds is 4. The van der Waals surface area contributed by atoms with Crippen molar-refractivity contribution in [2.45, 2.75) is 0 Å². The van der Waals surface area contributed by atoms with E-state index in [2.05, 4.69) is 5.32 Å². The molecule has 0 unspecified atom stereocenters. The molecular formula is C15H11FN2O3. The Morgan fingerprint density at radius 3 is 2.81 bits per heavy atom. The number of halogens is 1. The number of para-hydroxylation sites is 2. The van der Waals surface area contributed by atoms with Gasteiger partial charge < -0.3 is 15.2 Å². The summed E-state index contributed by atoms with van der Waals surface area (Å²) in [6, 6.07) is 11.5. The topological polar surface area (TPSA) is 82.3 Å². The van der Waals surface area contributed by atoms with Crippen molar-refractivity contribution in [3.05, 3.63) is 53.8 Å². The Kier molecular flexibility index (Phi) is 4.36. The highest BCUT2D eigenvalue weighted by Gasteiger charge is 2.14. The first-order valence-corrected chi connectivity index (χ1v) is 6.00.